The van der Waals surface area contributed by atoms with Crippen molar-refractivity contribution in [2.45, 2.75) is 25.8 Å². The molecule has 0 spiro atoms. The summed E-state index contributed by atoms with van der Waals surface area (Å²) in [5, 5.41) is 6.62. The summed E-state index contributed by atoms with van der Waals surface area (Å²) in [6.45, 7) is 3.82. The van der Waals surface area contributed by atoms with E-state index >= 15 is 0 Å². The molecule has 2 N–H and O–H groups in total. The summed E-state index contributed by atoms with van der Waals surface area (Å²) >= 11 is 0. The molecule has 2 heterocycles. The van der Waals surface area contributed by atoms with E-state index in [0.717, 1.165) is 30.6 Å². The van der Waals surface area contributed by atoms with Gasteiger partial charge in [-0.05, 0) is 43.5 Å². The van der Waals surface area contributed by atoms with Gasteiger partial charge >= 0.3 is 0 Å². The predicted molar refractivity (Wildman–Crippen MR) is 120 cm³/mol. The summed E-state index contributed by atoms with van der Waals surface area (Å²) in [7, 11) is 1.71. The van der Waals surface area contributed by atoms with E-state index in [1.807, 2.05) is 19.2 Å². The minimum atomic E-state index is -0.523. The van der Waals surface area contributed by atoms with Gasteiger partial charge in [-0.2, -0.15) is 0 Å². The second-order valence-corrected chi connectivity index (χ2v) is 6.70. The highest BCUT2D eigenvalue weighted by Gasteiger charge is 2.27. The first-order valence-corrected chi connectivity index (χ1v) is 9.14. The number of aryl methyl sites for hydroxylation is 1. The van der Waals surface area contributed by atoms with E-state index in [4.69, 9.17) is 0 Å². The van der Waals surface area contributed by atoms with Crippen molar-refractivity contribution in [3.05, 3.63) is 59.4 Å². The highest BCUT2D eigenvalue weighted by molar-refractivity contribution is 14.0. The molecule has 5 nitrogen and oxygen atoms in total. The van der Waals surface area contributed by atoms with Crippen LogP contribution in [0.15, 0.2) is 41.5 Å². The molecule has 1 aromatic heterocycles. The van der Waals surface area contributed by atoms with E-state index in [1.54, 1.807) is 11.9 Å². The molecule has 1 aliphatic rings. The highest BCUT2D eigenvalue weighted by Crippen LogP contribution is 2.26. The molecule has 28 heavy (non-hydrogen) atoms. The fourth-order valence-corrected chi connectivity index (χ4v) is 3.23. The van der Waals surface area contributed by atoms with Crippen molar-refractivity contribution in [1.29, 1.82) is 0 Å². The van der Waals surface area contributed by atoms with Gasteiger partial charge in [-0.25, -0.2) is 8.78 Å². The van der Waals surface area contributed by atoms with Crippen LogP contribution in [0.4, 0.5) is 14.5 Å². The number of aromatic nitrogens is 1. The third kappa shape index (κ3) is 5.76. The number of hydrogen-bond donors (Lipinski definition) is 2. The van der Waals surface area contributed by atoms with Crippen LogP contribution in [0, 0.1) is 18.6 Å². The van der Waals surface area contributed by atoms with Crippen LogP contribution in [0.2, 0.25) is 0 Å². The van der Waals surface area contributed by atoms with Crippen molar-refractivity contribution in [2.75, 3.05) is 31.6 Å². The number of para-hydroxylation sites is 1. The quantitative estimate of drug-likeness (QED) is 0.375. The molecule has 1 atom stereocenters. The third-order valence-electron chi connectivity index (χ3n) is 4.69. The molecule has 3 rings (SSSR count). The lowest BCUT2D eigenvalue weighted by Crippen LogP contribution is -2.45. The number of aliphatic imine (C=N–C) groups is 1. The maximum absolute atomic E-state index is 14.0. The van der Waals surface area contributed by atoms with Crippen LogP contribution in [0.3, 0.4) is 0 Å². The van der Waals surface area contributed by atoms with Gasteiger partial charge in [-0.3, -0.25) is 9.98 Å². The average molecular weight is 501 g/mol. The third-order valence-corrected chi connectivity index (χ3v) is 4.69. The van der Waals surface area contributed by atoms with Crippen molar-refractivity contribution in [3.63, 3.8) is 0 Å². The molecule has 1 aromatic carbocycles. The molecular weight excluding hydrogens is 475 g/mol. The summed E-state index contributed by atoms with van der Waals surface area (Å²) in [4.78, 5) is 10.3. The van der Waals surface area contributed by atoms with Crippen LogP contribution in [-0.4, -0.2) is 43.7 Å². The summed E-state index contributed by atoms with van der Waals surface area (Å²) in [5.41, 5.74) is 2.21. The SMILES string of the molecule is CN=C(NCCc1ccc(C)nc1)NC1CCN(c2c(F)cccc2F)C1.I. The maximum atomic E-state index is 14.0. The number of hydrogen-bond acceptors (Lipinski definition) is 3. The lowest BCUT2D eigenvalue weighted by atomic mass is 10.2. The summed E-state index contributed by atoms with van der Waals surface area (Å²) in [6.07, 6.45) is 3.51. The molecular formula is C20H26F2IN5. The Bertz CT molecular complexity index is 777. The molecule has 152 valence electrons. The largest absolute Gasteiger partial charge is 0.365 e. The van der Waals surface area contributed by atoms with Gasteiger partial charge in [-0.1, -0.05) is 12.1 Å². The van der Waals surface area contributed by atoms with Crippen LogP contribution >= 0.6 is 24.0 Å². The summed E-state index contributed by atoms with van der Waals surface area (Å²) < 4.78 is 27.9. The Hall–Kier alpha value is -1.97. The Morgan fingerprint density at radius 3 is 2.64 bits per heavy atom. The predicted octanol–water partition coefficient (Wildman–Crippen LogP) is 3.27. The van der Waals surface area contributed by atoms with Crippen molar-refractivity contribution in [1.82, 2.24) is 15.6 Å². The number of pyridine rings is 1. The minimum Gasteiger partial charge on any atom is -0.365 e. The molecule has 0 radical (unpaired) electrons. The molecule has 0 aliphatic carbocycles. The number of anilines is 1. The van der Waals surface area contributed by atoms with Crippen molar-refractivity contribution < 1.29 is 8.78 Å². The van der Waals surface area contributed by atoms with Gasteiger partial charge < -0.3 is 15.5 Å². The Labute approximate surface area is 181 Å². The fraction of sp³-hybridized carbons (Fsp3) is 0.400. The average Bonchev–Trinajstić information content (AvgIpc) is 3.10. The summed E-state index contributed by atoms with van der Waals surface area (Å²) in [6, 6.07) is 8.11. The van der Waals surface area contributed by atoms with Gasteiger partial charge in [0, 0.05) is 44.6 Å². The number of rotatable bonds is 5. The van der Waals surface area contributed by atoms with E-state index in [2.05, 4.69) is 26.7 Å². The van der Waals surface area contributed by atoms with Crippen molar-refractivity contribution >= 4 is 35.6 Å². The van der Waals surface area contributed by atoms with Crippen LogP contribution in [0.5, 0.6) is 0 Å². The number of guanidine groups is 1. The Morgan fingerprint density at radius 2 is 2.00 bits per heavy atom. The van der Waals surface area contributed by atoms with Gasteiger partial charge in [0.1, 0.15) is 17.3 Å². The second-order valence-electron chi connectivity index (χ2n) is 6.70. The molecule has 1 aliphatic heterocycles. The molecule has 8 heteroatoms. The van der Waals surface area contributed by atoms with Gasteiger partial charge in [0.15, 0.2) is 5.96 Å². The van der Waals surface area contributed by atoms with E-state index in [-0.39, 0.29) is 35.7 Å². The number of nitrogens with one attached hydrogen (secondary N) is 2. The highest BCUT2D eigenvalue weighted by atomic mass is 127. The second kappa shape index (κ2) is 10.5. The summed E-state index contributed by atoms with van der Waals surface area (Å²) in [5.74, 6) is -0.356. The lowest BCUT2D eigenvalue weighted by molar-refractivity contribution is 0.576. The van der Waals surface area contributed by atoms with E-state index in [1.165, 1.54) is 18.2 Å². The van der Waals surface area contributed by atoms with Crippen LogP contribution < -0.4 is 15.5 Å². The molecule has 1 unspecified atom stereocenters. The van der Waals surface area contributed by atoms with Crippen molar-refractivity contribution in [3.8, 4) is 0 Å². The van der Waals surface area contributed by atoms with Crippen molar-refractivity contribution in [2.24, 2.45) is 4.99 Å². The molecule has 2 aromatic rings. The van der Waals surface area contributed by atoms with Gasteiger partial charge in [0.05, 0.1) is 0 Å². The van der Waals surface area contributed by atoms with E-state index in [9.17, 15) is 8.78 Å². The van der Waals surface area contributed by atoms with Crippen LogP contribution in [0.25, 0.3) is 0 Å². The first kappa shape index (κ1) is 22.3. The Kier molecular flexibility index (Phi) is 8.40. The Balaban J connectivity index is 0.00000280. The standard InChI is InChI=1S/C20H25F2N5.HI/c1-14-6-7-15(12-25-14)8-10-24-20(23-2)26-16-9-11-27(13-16)19-17(21)4-3-5-18(19)22;/h3-7,12,16H,8-11,13H2,1-2H3,(H2,23,24,26);1H. The van der Waals surface area contributed by atoms with Gasteiger partial charge in [-0.15, -0.1) is 24.0 Å². The van der Waals surface area contributed by atoms with Gasteiger partial charge in [0.2, 0.25) is 0 Å². The normalized spacial score (nSPS) is 16.6. The smallest absolute Gasteiger partial charge is 0.191 e. The first-order valence-electron chi connectivity index (χ1n) is 9.14. The first-order chi connectivity index (χ1) is 13.1. The lowest BCUT2D eigenvalue weighted by Gasteiger charge is -2.21. The van der Waals surface area contributed by atoms with E-state index in [0.29, 0.717) is 19.0 Å². The molecule has 1 fully saturated rings. The topological polar surface area (TPSA) is 52.6 Å². The van der Waals surface area contributed by atoms with Gasteiger partial charge in [0.25, 0.3) is 0 Å². The number of benzene rings is 1. The zero-order valence-corrected chi connectivity index (χ0v) is 18.4. The zero-order chi connectivity index (χ0) is 19.2. The van der Waals surface area contributed by atoms with E-state index < -0.39 is 11.6 Å². The molecule has 0 amide bonds. The number of nitrogens with zero attached hydrogens (tertiary/aromatic N) is 3. The fourth-order valence-electron chi connectivity index (χ4n) is 3.23. The van der Waals surface area contributed by atoms with Crippen LogP contribution in [-0.2, 0) is 6.42 Å². The molecule has 1 saturated heterocycles. The molecule has 0 saturated carbocycles. The Morgan fingerprint density at radius 1 is 1.25 bits per heavy atom. The maximum Gasteiger partial charge on any atom is 0.191 e. The van der Waals surface area contributed by atoms with Crippen LogP contribution in [0.1, 0.15) is 17.7 Å². The zero-order valence-electron chi connectivity index (χ0n) is 16.1. The minimum absolute atomic E-state index is 0. The monoisotopic (exact) mass is 501 g/mol. The number of halogens is 3. The molecule has 0 bridgehead atoms.